The molecule has 2 heterocycles. The first kappa shape index (κ1) is 24.0. The SMILES string of the molecule is Cc1nc(SCC(=O)NCCN2C(=O)S/C(=C\c3ccccc3F)C2=O)sc1CC(N)=O. The molecule has 0 spiro atoms. The summed E-state index contributed by atoms with van der Waals surface area (Å²) in [5.74, 6) is -1.64. The van der Waals surface area contributed by atoms with Crippen LogP contribution in [-0.4, -0.2) is 51.7 Å². The molecular weight excluding hydrogens is 475 g/mol. The maximum absolute atomic E-state index is 13.8. The van der Waals surface area contributed by atoms with E-state index in [2.05, 4.69) is 10.3 Å². The third-order valence-electron chi connectivity index (χ3n) is 4.26. The molecule has 3 rings (SSSR count). The van der Waals surface area contributed by atoms with Crippen LogP contribution in [0.5, 0.6) is 0 Å². The van der Waals surface area contributed by atoms with Crippen molar-refractivity contribution in [2.24, 2.45) is 5.73 Å². The van der Waals surface area contributed by atoms with Crippen LogP contribution in [0.1, 0.15) is 16.1 Å². The van der Waals surface area contributed by atoms with E-state index >= 15 is 0 Å². The van der Waals surface area contributed by atoms with Gasteiger partial charge in [-0.25, -0.2) is 9.37 Å². The maximum Gasteiger partial charge on any atom is 0.293 e. The summed E-state index contributed by atoms with van der Waals surface area (Å²) in [4.78, 5) is 54.0. The number of thiazole rings is 1. The zero-order valence-electron chi connectivity index (χ0n) is 16.9. The normalized spacial score (nSPS) is 14.9. The minimum absolute atomic E-state index is 0.00874. The lowest BCUT2D eigenvalue weighted by atomic mass is 10.2. The Morgan fingerprint density at radius 3 is 2.78 bits per heavy atom. The van der Waals surface area contributed by atoms with Crippen molar-refractivity contribution in [3.05, 3.63) is 51.1 Å². The molecule has 0 aliphatic carbocycles. The number of nitrogens with zero attached hydrogens (tertiary/aromatic N) is 2. The largest absolute Gasteiger partial charge is 0.369 e. The Bertz CT molecular complexity index is 1100. The lowest BCUT2D eigenvalue weighted by molar-refractivity contribution is -0.123. The van der Waals surface area contributed by atoms with E-state index in [9.17, 15) is 23.6 Å². The van der Waals surface area contributed by atoms with E-state index in [0.29, 0.717) is 10.0 Å². The molecule has 1 aliphatic rings. The van der Waals surface area contributed by atoms with Gasteiger partial charge in [0.25, 0.3) is 11.1 Å². The average Bonchev–Trinajstić information content (AvgIpc) is 3.21. The van der Waals surface area contributed by atoms with Gasteiger partial charge in [0, 0.05) is 23.5 Å². The van der Waals surface area contributed by atoms with E-state index < -0.39 is 22.9 Å². The molecule has 168 valence electrons. The number of aromatic nitrogens is 1. The number of rotatable bonds is 9. The Labute approximate surface area is 195 Å². The topological polar surface area (TPSA) is 122 Å². The summed E-state index contributed by atoms with van der Waals surface area (Å²) in [6, 6.07) is 5.96. The van der Waals surface area contributed by atoms with Crippen LogP contribution >= 0.6 is 34.9 Å². The molecule has 1 fully saturated rings. The van der Waals surface area contributed by atoms with Crippen LogP contribution < -0.4 is 11.1 Å². The maximum atomic E-state index is 13.8. The Morgan fingerprint density at radius 1 is 1.31 bits per heavy atom. The Kier molecular flexibility index (Phi) is 8.04. The number of halogens is 1. The molecule has 1 saturated heterocycles. The number of amides is 4. The van der Waals surface area contributed by atoms with Gasteiger partial charge in [-0.2, -0.15) is 0 Å². The summed E-state index contributed by atoms with van der Waals surface area (Å²) < 4.78 is 14.4. The predicted octanol–water partition coefficient (Wildman–Crippen LogP) is 2.56. The van der Waals surface area contributed by atoms with Gasteiger partial charge < -0.3 is 11.1 Å². The summed E-state index contributed by atoms with van der Waals surface area (Å²) >= 11 is 3.27. The first-order valence-corrected chi connectivity index (χ1v) is 12.0. The lowest BCUT2D eigenvalue weighted by Crippen LogP contribution is -2.37. The number of imide groups is 1. The van der Waals surface area contributed by atoms with Gasteiger partial charge in [-0.1, -0.05) is 30.0 Å². The Morgan fingerprint density at radius 2 is 2.06 bits per heavy atom. The Balaban J connectivity index is 1.47. The number of benzene rings is 1. The standard InChI is InChI=1S/C20H19FN4O4S3/c1-11-14(9-16(22)26)31-19(24-11)30-10-17(27)23-6-7-25-18(28)15(32-20(25)29)8-12-4-2-3-5-13(12)21/h2-5,8H,6-7,9-10H2,1H3,(H2,22,26)(H,23,27)/b15-8-. The highest BCUT2D eigenvalue weighted by Crippen LogP contribution is 2.32. The molecule has 32 heavy (non-hydrogen) atoms. The first-order chi connectivity index (χ1) is 15.2. The van der Waals surface area contributed by atoms with Gasteiger partial charge in [0.2, 0.25) is 11.8 Å². The molecule has 4 amide bonds. The van der Waals surface area contributed by atoms with Crippen LogP contribution in [0.3, 0.4) is 0 Å². The number of carbonyl (C=O) groups is 4. The number of hydrogen-bond acceptors (Lipinski definition) is 8. The molecule has 0 radical (unpaired) electrons. The number of hydrogen-bond donors (Lipinski definition) is 2. The summed E-state index contributed by atoms with van der Waals surface area (Å²) in [6.45, 7) is 1.87. The van der Waals surface area contributed by atoms with E-state index in [1.54, 1.807) is 13.0 Å². The summed E-state index contributed by atoms with van der Waals surface area (Å²) in [7, 11) is 0. The van der Waals surface area contributed by atoms with Crippen LogP contribution in [0.4, 0.5) is 9.18 Å². The fourth-order valence-electron chi connectivity index (χ4n) is 2.70. The molecule has 12 heteroatoms. The molecule has 1 aromatic heterocycles. The van der Waals surface area contributed by atoms with E-state index in [4.69, 9.17) is 5.73 Å². The van der Waals surface area contributed by atoms with Gasteiger partial charge in [-0.05, 0) is 30.8 Å². The van der Waals surface area contributed by atoms with Gasteiger partial charge in [0.05, 0.1) is 22.8 Å². The second-order valence-corrected chi connectivity index (χ2v) is 9.92. The van der Waals surface area contributed by atoms with Crippen molar-refractivity contribution in [2.45, 2.75) is 17.7 Å². The minimum atomic E-state index is -0.521. The molecule has 1 aliphatic heterocycles. The highest BCUT2D eigenvalue weighted by molar-refractivity contribution is 8.18. The molecule has 0 saturated carbocycles. The van der Waals surface area contributed by atoms with Crippen molar-refractivity contribution >= 4 is 63.9 Å². The highest BCUT2D eigenvalue weighted by atomic mass is 32.2. The second-order valence-electron chi connectivity index (χ2n) is 6.62. The first-order valence-electron chi connectivity index (χ1n) is 9.38. The number of nitrogens with one attached hydrogen (secondary N) is 1. The van der Waals surface area contributed by atoms with Crippen molar-refractivity contribution in [3.8, 4) is 0 Å². The molecule has 3 N–H and O–H groups in total. The number of primary amides is 1. The van der Waals surface area contributed by atoms with Gasteiger partial charge in [-0.15, -0.1) is 11.3 Å². The van der Waals surface area contributed by atoms with Crippen LogP contribution in [0.15, 0.2) is 33.5 Å². The quantitative estimate of drug-likeness (QED) is 0.406. The minimum Gasteiger partial charge on any atom is -0.369 e. The van der Waals surface area contributed by atoms with Crippen molar-refractivity contribution < 1.29 is 23.6 Å². The summed E-state index contributed by atoms with van der Waals surface area (Å²) in [5.41, 5.74) is 6.13. The number of thioether (sulfide) groups is 2. The van der Waals surface area contributed by atoms with E-state index in [-0.39, 0.29) is 41.6 Å². The number of carbonyl (C=O) groups excluding carboxylic acids is 4. The van der Waals surface area contributed by atoms with Crippen LogP contribution in [0.25, 0.3) is 6.08 Å². The molecule has 0 bridgehead atoms. The van der Waals surface area contributed by atoms with E-state index in [1.807, 2.05) is 0 Å². The molecule has 8 nitrogen and oxygen atoms in total. The van der Waals surface area contributed by atoms with E-state index in [1.165, 1.54) is 47.4 Å². The fraction of sp³-hybridized carbons (Fsp3) is 0.250. The van der Waals surface area contributed by atoms with Crippen molar-refractivity contribution in [1.82, 2.24) is 15.2 Å². The van der Waals surface area contributed by atoms with Gasteiger partial charge in [-0.3, -0.25) is 24.1 Å². The molecular formula is C20H19FN4O4S3. The van der Waals surface area contributed by atoms with Crippen molar-refractivity contribution in [1.29, 1.82) is 0 Å². The zero-order chi connectivity index (χ0) is 23.3. The smallest absolute Gasteiger partial charge is 0.293 e. The van der Waals surface area contributed by atoms with Gasteiger partial charge >= 0.3 is 0 Å². The average molecular weight is 495 g/mol. The fourth-order valence-corrected chi connectivity index (χ4v) is 5.63. The van der Waals surface area contributed by atoms with Gasteiger partial charge in [0.1, 0.15) is 5.82 Å². The monoisotopic (exact) mass is 494 g/mol. The summed E-state index contributed by atoms with van der Waals surface area (Å²) in [6.07, 6.45) is 1.46. The third-order valence-corrected chi connectivity index (χ3v) is 7.47. The molecule has 0 unspecified atom stereocenters. The van der Waals surface area contributed by atoms with Crippen LogP contribution in [0, 0.1) is 12.7 Å². The summed E-state index contributed by atoms with van der Waals surface area (Å²) in [5, 5.41) is 2.19. The number of nitrogens with two attached hydrogens (primary N) is 1. The van der Waals surface area contributed by atoms with Gasteiger partial charge in [0.15, 0.2) is 4.34 Å². The van der Waals surface area contributed by atoms with Crippen LogP contribution in [0.2, 0.25) is 0 Å². The Hall–Kier alpha value is -2.70. The molecule has 0 atom stereocenters. The van der Waals surface area contributed by atoms with Crippen LogP contribution in [-0.2, 0) is 20.8 Å². The highest BCUT2D eigenvalue weighted by Gasteiger charge is 2.34. The van der Waals surface area contributed by atoms with E-state index in [0.717, 1.165) is 21.5 Å². The molecule has 1 aromatic carbocycles. The molecule has 2 aromatic rings. The third kappa shape index (κ3) is 6.17. The van der Waals surface area contributed by atoms with Crippen molar-refractivity contribution in [2.75, 3.05) is 18.8 Å². The van der Waals surface area contributed by atoms with Crippen molar-refractivity contribution in [3.63, 3.8) is 0 Å². The second kappa shape index (κ2) is 10.7. The number of aryl methyl sites for hydroxylation is 1. The lowest BCUT2D eigenvalue weighted by Gasteiger charge is -2.12. The predicted molar refractivity (Wildman–Crippen MR) is 123 cm³/mol. The zero-order valence-corrected chi connectivity index (χ0v) is 19.4.